The number of aromatic nitrogens is 1. The molecule has 12 nitrogen and oxygen atoms in total. The van der Waals surface area contributed by atoms with Crippen molar-refractivity contribution in [1.82, 2.24) is 20.9 Å². The molecule has 8 N–H and O–H groups in total. The Morgan fingerprint density at radius 1 is 0.933 bits per heavy atom. The molecule has 1 saturated carbocycles. The van der Waals surface area contributed by atoms with Crippen LogP contribution in [-0.2, 0) is 30.4 Å². The van der Waals surface area contributed by atoms with E-state index in [-0.39, 0.29) is 30.1 Å². The molecule has 0 spiro atoms. The second-order valence-corrected chi connectivity index (χ2v) is 17.3. The lowest BCUT2D eigenvalue weighted by Crippen LogP contribution is -2.56. The van der Waals surface area contributed by atoms with Crippen molar-refractivity contribution in [2.75, 3.05) is 40.2 Å². The molecule has 1 fully saturated rings. The predicted octanol–water partition coefficient (Wildman–Crippen LogP) is 6.26. The van der Waals surface area contributed by atoms with Crippen molar-refractivity contribution in [1.29, 1.82) is 0 Å². The summed E-state index contributed by atoms with van der Waals surface area (Å²) in [4.78, 5) is 3.31. The van der Waals surface area contributed by atoms with Gasteiger partial charge in [0.2, 0.25) is 0 Å². The molecule has 0 radical (unpaired) electrons. The quantitative estimate of drug-likeness (QED) is 0.0444. The number of aliphatic hydroxyl groups excluding tert-OH is 2. The summed E-state index contributed by atoms with van der Waals surface area (Å²) in [6, 6.07) is 20.1. The Bertz CT molecular complexity index is 2320. The summed E-state index contributed by atoms with van der Waals surface area (Å²) < 4.78 is 27.1. The zero-order valence-electron chi connectivity index (χ0n) is 34.6. The normalized spacial score (nSPS) is 22.6. The zero-order valence-corrected chi connectivity index (χ0v) is 34.6. The fraction of sp³-hybridized carbons (Fsp3) is 0.458. The molecule has 12 heteroatoms. The number of benzene rings is 4. The Kier molecular flexibility index (Phi) is 11.7. The van der Waals surface area contributed by atoms with Gasteiger partial charge >= 0.3 is 0 Å². The minimum Gasteiger partial charge on any atom is -0.508 e. The molecule has 9 rings (SSSR count). The monoisotopic (exact) mass is 818 g/mol. The van der Waals surface area contributed by atoms with Crippen LogP contribution in [0.4, 0.5) is 0 Å². The van der Waals surface area contributed by atoms with Gasteiger partial charge in [0, 0.05) is 60.6 Å². The highest BCUT2D eigenvalue weighted by Gasteiger charge is 2.50. The van der Waals surface area contributed by atoms with Crippen LogP contribution in [0.1, 0.15) is 84.4 Å². The number of hydrogen-bond acceptors (Lipinski definition) is 11. The van der Waals surface area contributed by atoms with Crippen LogP contribution in [0.3, 0.4) is 0 Å². The molecule has 5 aromatic rings. The van der Waals surface area contributed by atoms with Crippen LogP contribution in [0.2, 0.25) is 0 Å². The summed E-state index contributed by atoms with van der Waals surface area (Å²) in [6.45, 7) is 3.25. The van der Waals surface area contributed by atoms with Crippen LogP contribution >= 0.6 is 0 Å². The fourth-order valence-electron chi connectivity index (χ4n) is 10.1. The Morgan fingerprint density at radius 3 is 2.62 bits per heavy atom. The molecule has 2 aliphatic heterocycles. The van der Waals surface area contributed by atoms with Gasteiger partial charge in [-0.2, -0.15) is 0 Å². The summed E-state index contributed by atoms with van der Waals surface area (Å²) in [5, 5.41) is 53.9. The number of phenols is 2. The van der Waals surface area contributed by atoms with Gasteiger partial charge in [-0.1, -0.05) is 31.0 Å². The molecule has 1 aromatic heterocycles. The van der Waals surface area contributed by atoms with Crippen molar-refractivity contribution in [2.45, 2.75) is 101 Å². The van der Waals surface area contributed by atoms with Crippen LogP contribution < -0.4 is 30.2 Å². The molecule has 0 amide bonds. The number of aromatic hydroxyl groups is 2. The van der Waals surface area contributed by atoms with E-state index in [1.165, 1.54) is 18.4 Å². The molecule has 3 heterocycles. The van der Waals surface area contributed by atoms with Gasteiger partial charge in [-0.15, -0.1) is 0 Å². The minimum absolute atomic E-state index is 0.0246. The van der Waals surface area contributed by atoms with Crippen molar-refractivity contribution in [3.63, 3.8) is 0 Å². The maximum Gasteiger partial charge on any atom is 0.160 e. The van der Waals surface area contributed by atoms with Crippen LogP contribution in [0.15, 0.2) is 66.9 Å². The summed E-state index contributed by atoms with van der Waals surface area (Å²) in [5.74, 6) is 2.13. The number of aliphatic hydroxyl groups is 2. The number of fused-ring (bicyclic) bond motifs is 9. The van der Waals surface area contributed by atoms with Gasteiger partial charge in [-0.05, 0) is 127 Å². The number of phenolic OH excluding ortho intramolecular Hbond substituents is 2. The van der Waals surface area contributed by atoms with Crippen molar-refractivity contribution in [2.24, 2.45) is 0 Å². The van der Waals surface area contributed by atoms with Crippen molar-refractivity contribution < 1.29 is 39.4 Å². The lowest BCUT2D eigenvalue weighted by Gasteiger charge is -2.47. The van der Waals surface area contributed by atoms with Crippen LogP contribution in [0.25, 0.3) is 22.0 Å². The molecular weight excluding hydrogens is 761 g/mol. The van der Waals surface area contributed by atoms with Gasteiger partial charge in [0.05, 0.1) is 26.6 Å². The zero-order chi connectivity index (χ0) is 41.4. The van der Waals surface area contributed by atoms with Crippen LogP contribution in [0.5, 0.6) is 28.7 Å². The van der Waals surface area contributed by atoms with E-state index in [2.05, 4.69) is 45.2 Å². The number of hydrogen-bond donors (Lipinski definition) is 8. The number of aromatic amines is 1. The third-order valence-electron chi connectivity index (χ3n) is 13.1. The lowest BCUT2D eigenvalue weighted by atomic mass is 9.70. The molecule has 2 aliphatic carbocycles. The van der Waals surface area contributed by atoms with Crippen LogP contribution in [-0.4, -0.2) is 89.5 Å². The van der Waals surface area contributed by atoms with Gasteiger partial charge in [0.25, 0.3) is 0 Å². The summed E-state index contributed by atoms with van der Waals surface area (Å²) >= 11 is 0. The molecule has 60 heavy (non-hydrogen) atoms. The highest BCUT2D eigenvalue weighted by atomic mass is 16.6. The van der Waals surface area contributed by atoms with Gasteiger partial charge in [0.1, 0.15) is 29.0 Å². The van der Waals surface area contributed by atoms with E-state index in [1.54, 1.807) is 26.2 Å². The van der Waals surface area contributed by atoms with E-state index < -0.39 is 17.8 Å². The first kappa shape index (κ1) is 40.6. The summed E-state index contributed by atoms with van der Waals surface area (Å²) in [5.41, 5.74) is 8.36. The number of H-pyrrole nitrogens is 1. The van der Waals surface area contributed by atoms with Crippen molar-refractivity contribution in [3.8, 4) is 39.9 Å². The summed E-state index contributed by atoms with van der Waals surface area (Å²) in [7, 11) is 1.54. The standard InChI is InChI=1S/C48H58N4O8/c1-28(54)23-49-26-50-25-48(58-27-52-33-5-3-4-6-33)22-40-39-19-32(18-29-7-13-41-30(17-29)15-16-51-41)38-21-34(55)9-11-36(38)44(39)46-37(12-10-35(24-53)59-46)45(40)60-47(48)31-8-14-42(56)43(20-31)57-2/h7-9,11,13-17,20-21,28,32-33,35,47,49-56H,3-6,10,12,18-19,22-27H2,1-2H3. The number of methoxy groups -OCH3 is 1. The third kappa shape index (κ3) is 7.92. The van der Waals surface area contributed by atoms with Gasteiger partial charge in [-0.25, -0.2) is 0 Å². The number of nitrogens with one attached hydrogen (secondary N) is 4. The van der Waals surface area contributed by atoms with E-state index in [0.29, 0.717) is 64.0 Å². The van der Waals surface area contributed by atoms with Crippen molar-refractivity contribution in [3.05, 3.63) is 100 Å². The van der Waals surface area contributed by atoms with Gasteiger partial charge in [-0.3, -0.25) is 5.32 Å². The van der Waals surface area contributed by atoms with E-state index in [1.807, 2.05) is 30.5 Å². The average molecular weight is 819 g/mol. The molecule has 5 unspecified atom stereocenters. The highest BCUT2D eigenvalue weighted by molar-refractivity contribution is 5.85. The highest BCUT2D eigenvalue weighted by Crippen LogP contribution is 2.57. The molecule has 4 aliphatic rings. The summed E-state index contributed by atoms with van der Waals surface area (Å²) in [6.07, 6.45) is 8.27. The van der Waals surface area contributed by atoms with E-state index in [9.17, 15) is 20.4 Å². The Hall–Kier alpha value is -4.82. The minimum atomic E-state index is -0.956. The average Bonchev–Trinajstić information content (AvgIpc) is 3.96. The van der Waals surface area contributed by atoms with E-state index >= 15 is 0 Å². The first-order chi connectivity index (χ1) is 29.2. The SMILES string of the molecule is COc1cc(C2Oc3c(c4c(c5c3CCC(CO)O5)-c3ccc(O)cc3C(Cc3ccc5[nH]ccc5c3)C4)CC2(CNCNCC(C)O)OCNC2CCCC2)ccc1O. The smallest absolute Gasteiger partial charge is 0.160 e. The third-order valence-corrected chi connectivity index (χ3v) is 13.1. The topological polar surface area (TPSA) is 170 Å². The number of ether oxygens (including phenoxy) is 4. The Labute approximate surface area is 351 Å². The first-order valence-electron chi connectivity index (χ1n) is 21.6. The van der Waals surface area contributed by atoms with Crippen molar-refractivity contribution >= 4 is 10.9 Å². The van der Waals surface area contributed by atoms with Gasteiger partial charge in [0.15, 0.2) is 17.6 Å². The van der Waals surface area contributed by atoms with Gasteiger partial charge < -0.3 is 55.0 Å². The Morgan fingerprint density at radius 2 is 1.80 bits per heavy atom. The molecular formula is C48H58N4O8. The largest absolute Gasteiger partial charge is 0.508 e. The number of rotatable bonds is 15. The molecule has 0 saturated heterocycles. The maximum absolute atomic E-state index is 11.0. The molecule has 318 valence electrons. The maximum atomic E-state index is 11.0. The first-order valence-corrected chi connectivity index (χ1v) is 21.6. The molecule has 0 bridgehead atoms. The predicted molar refractivity (Wildman–Crippen MR) is 230 cm³/mol. The fourth-order valence-corrected chi connectivity index (χ4v) is 10.1. The second-order valence-electron chi connectivity index (χ2n) is 17.3. The Balaban J connectivity index is 1.20. The molecule has 5 atom stereocenters. The molecule has 4 aromatic carbocycles. The van der Waals surface area contributed by atoms with Crippen LogP contribution in [0, 0.1) is 0 Å². The van der Waals surface area contributed by atoms with E-state index in [4.69, 9.17) is 18.9 Å². The van der Waals surface area contributed by atoms with E-state index in [0.717, 1.165) is 80.6 Å². The second kappa shape index (κ2) is 17.3. The lowest BCUT2D eigenvalue weighted by molar-refractivity contribution is -0.131.